The molecule has 1 unspecified atom stereocenters. The van der Waals surface area contributed by atoms with E-state index < -0.39 is 36.1 Å². The van der Waals surface area contributed by atoms with Gasteiger partial charge in [0.15, 0.2) is 0 Å². The van der Waals surface area contributed by atoms with Crippen LogP contribution in [0.5, 0.6) is 0 Å². The number of carboxylic acid groups (broad SMARTS) is 1. The first-order valence-electron chi connectivity index (χ1n) is 6.22. The summed E-state index contributed by atoms with van der Waals surface area (Å²) in [4.78, 5) is 24.1. The first-order valence-corrected chi connectivity index (χ1v) is 6.22. The molecule has 1 atom stereocenters. The van der Waals surface area contributed by atoms with Crippen molar-refractivity contribution < 1.29 is 27.9 Å². The largest absolute Gasteiger partial charge is 0.481 e. The van der Waals surface area contributed by atoms with Gasteiger partial charge in [0.05, 0.1) is 12.0 Å². The zero-order valence-electron chi connectivity index (χ0n) is 10.9. The van der Waals surface area contributed by atoms with Crippen LogP contribution in [0.2, 0.25) is 0 Å². The van der Waals surface area contributed by atoms with E-state index in [2.05, 4.69) is 5.32 Å². The number of hydrogen-bond acceptors (Lipinski definition) is 3. The highest BCUT2D eigenvalue weighted by molar-refractivity contribution is 5.90. The van der Waals surface area contributed by atoms with Crippen molar-refractivity contribution in [2.75, 3.05) is 18.0 Å². The molecular weight excluding hydrogens is 289 g/mol. The lowest BCUT2D eigenvalue weighted by Crippen LogP contribution is -2.56. The summed E-state index contributed by atoms with van der Waals surface area (Å²) in [5.41, 5.74) is -0.397. The van der Waals surface area contributed by atoms with Gasteiger partial charge in [-0.05, 0) is 24.3 Å². The molecular formula is C13H13F3N2O3. The number of piperazine rings is 1. The number of carboxylic acids is 1. The van der Waals surface area contributed by atoms with E-state index >= 15 is 0 Å². The fraction of sp³-hybridized carbons (Fsp3) is 0.385. The summed E-state index contributed by atoms with van der Waals surface area (Å²) in [5.74, 6) is -1.59. The van der Waals surface area contributed by atoms with Crippen molar-refractivity contribution in [2.45, 2.75) is 18.6 Å². The Balaban J connectivity index is 2.25. The molecule has 8 heteroatoms. The third-order valence-electron chi connectivity index (χ3n) is 3.23. The van der Waals surface area contributed by atoms with Crippen molar-refractivity contribution in [1.29, 1.82) is 0 Å². The first-order chi connectivity index (χ1) is 9.79. The summed E-state index contributed by atoms with van der Waals surface area (Å²) < 4.78 is 37.6. The minimum absolute atomic E-state index is 0.315. The van der Waals surface area contributed by atoms with Crippen LogP contribution in [-0.2, 0) is 15.8 Å². The Morgan fingerprint density at radius 2 is 1.95 bits per heavy atom. The van der Waals surface area contributed by atoms with Crippen molar-refractivity contribution in [3.63, 3.8) is 0 Å². The summed E-state index contributed by atoms with van der Waals surface area (Å²) in [6.07, 6.45) is -4.84. The van der Waals surface area contributed by atoms with E-state index in [0.717, 1.165) is 12.1 Å². The Kier molecular flexibility index (Phi) is 4.06. The maximum atomic E-state index is 12.5. The van der Waals surface area contributed by atoms with Gasteiger partial charge in [-0.3, -0.25) is 9.59 Å². The number of halogens is 3. The van der Waals surface area contributed by atoms with Crippen LogP contribution in [0.15, 0.2) is 24.3 Å². The van der Waals surface area contributed by atoms with Crippen molar-refractivity contribution in [3.8, 4) is 0 Å². The van der Waals surface area contributed by atoms with E-state index in [9.17, 15) is 22.8 Å². The van der Waals surface area contributed by atoms with Crippen molar-refractivity contribution in [3.05, 3.63) is 29.8 Å². The first kappa shape index (κ1) is 15.1. The van der Waals surface area contributed by atoms with E-state index in [0.29, 0.717) is 18.8 Å². The van der Waals surface area contributed by atoms with E-state index in [1.807, 2.05) is 0 Å². The van der Waals surface area contributed by atoms with E-state index in [1.54, 1.807) is 0 Å². The van der Waals surface area contributed by atoms with Crippen LogP contribution in [0.1, 0.15) is 12.0 Å². The van der Waals surface area contributed by atoms with Gasteiger partial charge in [0.25, 0.3) is 0 Å². The number of aliphatic carboxylic acids is 1. The van der Waals surface area contributed by atoms with Crippen LogP contribution in [0.4, 0.5) is 18.9 Å². The number of hydrogen-bond donors (Lipinski definition) is 2. The number of nitrogens with one attached hydrogen (secondary N) is 1. The van der Waals surface area contributed by atoms with Crippen LogP contribution in [0.3, 0.4) is 0 Å². The summed E-state index contributed by atoms with van der Waals surface area (Å²) in [6.45, 7) is 0.658. The van der Waals surface area contributed by atoms with Crippen molar-refractivity contribution in [1.82, 2.24) is 5.32 Å². The van der Waals surface area contributed by atoms with E-state index in [4.69, 9.17) is 5.11 Å². The molecule has 1 aliphatic heterocycles. The molecule has 0 aliphatic carbocycles. The molecule has 0 aromatic heterocycles. The van der Waals surface area contributed by atoms with Gasteiger partial charge >= 0.3 is 12.1 Å². The van der Waals surface area contributed by atoms with Crippen LogP contribution >= 0.6 is 0 Å². The summed E-state index contributed by atoms with van der Waals surface area (Å²) in [6, 6.07) is 3.40. The zero-order valence-corrected chi connectivity index (χ0v) is 10.9. The molecule has 5 nitrogen and oxygen atoms in total. The Morgan fingerprint density at radius 1 is 1.33 bits per heavy atom. The van der Waals surface area contributed by atoms with E-state index in [1.165, 1.54) is 17.0 Å². The SMILES string of the molecule is O=C(O)CC1C(=O)NCCN1c1ccc(C(F)(F)F)cc1. The normalized spacial score (nSPS) is 19.3. The molecule has 1 heterocycles. The molecule has 1 amide bonds. The van der Waals surface area contributed by atoms with Gasteiger partial charge in [-0.1, -0.05) is 0 Å². The van der Waals surface area contributed by atoms with Gasteiger partial charge in [0.1, 0.15) is 6.04 Å². The molecule has 1 aliphatic rings. The average molecular weight is 302 g/mol. The molecule has 1 aromatic carbocycles. The van der Waals surface area contributed by atoms with Gasteiger partial charge < -0.3 is 15.3 Å². The monoisotopic (exact) mass is 302 g/mol. The summed E-state index contributed by atoms with van der Waals surface area (Å²) in [5, 5.41) is 11.4. The van der Waals surface area contributed by atoms with Gasteiger partial charge in [-0.2, -0.15) is 13.2 Å². The molecule has 0 spiro atoms. The average Bonchev–Trinajstić information content (AvgIpc) is 2.40. The fourth-order valence-electron chi connectivity index (χ4n) is 2.23. The quantitative estimate of drug-likeness (QED) is 0.887. The number of nitrogens with zero attached hydrogens (tertiary/aromatic N) is 1. The molecule has 21 heavy (non-hydrogen) atoms. The van der Waals surface area contributed by atoms with Crippen molar-refractivity contribution in [2.24, 2.45) is 0 Å². The highest BCUT2D eigenvalue weighted by Gasteiger charge is 2.33. The predicted molar refractivity (Wildman–Crippen MR) is 67.8 cm³/mol. The second-order valence-corrected chi connectivity index (χ2v) is 4.64. The molecule has 0 radical (unpaired) electrons. The van der Waals surface area contributed by atoms with Gasteiger partial charge in [-0.25, -0.2) is 0 Å². The zero-order chi connectivity index (χ0) is 15.6. The smallest absolute Gasteiger partial charge is 0.416 e. The van der Waals surface area contributed by atoms with Crippen LogP contribution in [0.25, 0.3) is 0 Å². The van der Waals surface area contributed by atoms with Crippen LogP contribution in [0, 0.1) is 0 Å². The summed E-state index contributed by atoms with van der Waals surface area (Å²) >= 11 is 0. The van der Waals surface area contributed by atoms with Crippen LogP contribution < -0.4 is 10.2 Å². The minimum atomic E-state index is -4.43. The third kappa shape index (κ3) is 3.45. The number of carbonyl (C=O) groups is 2. The second-order valence-electron chi connectivity index (χ2n) is 4.64. The molecule has 2 N–H and O–H groups in total. The Labute approximate surface area is 118 Å². The third-order valence-corrected chi connectivity index (χ3v) is 3.23. The minimum Gasteiger partial charge on any atom is -0.481 e. The van der Waals surface area contributed by atoms with E-state index in [-0.39, 0.29) is 0 Å². The number of carbonyl (C=O) groups excluding carboxylic acids is 1. The Morgan fingerprint density at radius 3 is 2.48 bits per heavy atom. The fourth-order valence-corrected chi connectivity index (χ4v) is 2.23. The Hall–Kier alpha value is -2.25. The summed E-state index contributed by atoms with van der Waals surface area (Å²) in [7, 11) is 0. The lowest BCUT2D eigenvalue weighted by Gasteiger charge is -2.36. The molecule has 1 aromatic rings. The molecule has 114 valence electrons. The highest BCUT2D eigenvalue weighted by atomic mass is 19.4. The highest BCUT2D eigenvalue weighted by Crippen LogP contribution is 2.31. The van der Waals surface area contributed by atoms with Gasteiger partial charge in [-0.15, -0.1) is 0 Å². The molecule has 0 saturated carbocycles. The molecule has 2 rings (SSSR count). The van der Waals surface area contributed by atoms with Gasteiger partial charge in [0, 0.05) is 18.8 Å². The maximum absolute atomic E-state index is 12.5. The number of anilines is 1. The number of amides is 1. The molecule has 0 bridgehead atoms. The lowest BCUT2D eigenvalue weighted by atomic mass is 10.1. The molecule has 1 fully saturated rings. The second kappa shape index (κ2) is 5.63. The van der Waals surface area contributed by atoms with Crippen LogP contribution in [-0.4, -0.2) is 36.1 Å². The number of benzene rings is 1. The maximum Gasteiger partial charge on any atom is 0.416 e. The standard InChI is InChI=1S/C13H13F3N2O3/c14-13(15,16)8-1-3-9(4-2-8)18-6-5-17-12(21)10(18)7-11(19)20/h1-4,10H,5-7H2,(H,17,21)(H,19,20). The topological polar surface area (TPSA) is 69.6 Å². The molecule has 1 saturated heterocycles. The Bertz CT molecular complexity index is 543. The van der Waals surface area contributed by atoms with Gasteiger partial charge in [0.2, 0.25) is 5.91 Å². The number of rotatable bonds is 3. The lowest BCUT2D eigenvalue weighted by molar-refractivity contribution is -0.139. The van der Waals surface area contributed by atoms with Crippen molar-refractivity contribution >= 4 is 17.6 Å². The predicted octanol–water partition coefficient (Wildman–Crippen LogP) is 1.48. The number of alkyl halides is 3.